The van der Waals surface area contributed by atoms with Gasteiger partial charge in [0.2, 0.25) is 0 Å². The van der Waals surface area contributed by atoms with Gasteiger partial charge in [-0.2, -0.15) is 0 Å². The zero-order valence-electron chi connectivity index (χ0n) is 16.5. The Balaban J connectivity index is 1.29. The predicted molar refractivity (Wildman–Crippen MR) is 106 cm³/mol. The van der Waals surface area contributed by atoms with Gasteiger partial charge in [0, 0.05) is 25.2 Å². The molecule has 0 radical (unpaired) electrons. The number of fused-ring (bicyclic) bond motifs is 2. The maximum Gasteiger partial charge on any atom is 0.0123 e. The minimum Gasteiger partial charge on any atom is -0.303 e. The second kappa shape index (κ2) is 6.70. The summed E-state index contributed by atoms with van der Waals surface area (Å²) in [6.07, 6.45) is 8.23. The number of nitrogens with zero attached hydrogens (tertiary/aromatic N) is 2. The smallest absolute Gasteiger partial charge is 0.0123 e. The van der Waals surface area contributed by atoms with Crippen LogP contribution in [0.15, 0.2) is 30.3 Å². The Morgan fingerprint density at radius 3 is 2.40 bits per heavy atom. The Kier molecular flexibility index (Phi) is 4.70. The van der Waals surface area contributed by atoms with Crippen molar-refractivity contribution < 1.29 is 0 Å². The maximum atomic E-state index is 2.93. The van der Waals surface area contributed by atoms with Crippen LogP contribution in [0.1, 0.15) is 58.4 Å². The van der Waals surface area contributed by atoms with Crippen molar-refractivity contribution in [1.29, 1.82) is 0 Å². The van der Waals surface area contributed by atoms with Crippen LogP contribution >= 0.6 is 0 Å². The van der Waals surface area contributed by atoms with Gasteiger partial charge in [0.25, 0.3) is 0 Å². The number of rotatable bonds is 4. The van der Waals surface area contributed by atoms with Crippen molar-refractivity contribution in [3.05, 3.63) is 35.9 Å². The first-order chi connectivity index (χ1) is 11.9. The largest absolute Gasteiger partial charge is 0.303 e. The Labute approximate surface area is 154 Å². The molecule has 25 heavy (non-hydrogen) atoms. The molecule has 1 aromatic carbocycles. The standard InChI is InChI=1S/C23H36N2/c1-22(2)15-21-16-23(3,17-22)18-25(21)20-10-13-24(14-11-20)12-9-19-7-5-4-6-8-19/h4-8,20-21H,9-18H2,1-3H3/t21-,23-/m1/s1. The molecule has 138 valence electrons. The molecule has 0 amide bonds. The molecule has 1 aromatic rings. The summed E-state index contributed by atoms with van der Waals surface area (Å²) in [7, 11) is 0. The topological polar surface area (TPSA) is 6.48 Å². The van der Waals surface area contributed by atoms with Crippen molar-refractivity contribution in [3.63, 3.8) is 0 Å². The predicted octanol–water partition coefficient (Wildman–Crippen LogP) is 4.59. The summed E-state index contributed by atoms with van der Waals surface area (Å²) in [6.45, 7) is 12.7. The van der Waals surface area contributed by atoms with Gasteiger partial charge >= 0.3 is 0 Å². The molecule has 3 fully saturated rings. The molecular formula is C23H36N2. The van der Waals surface area contributed by atoms with Gasteiger partial charge in [-0.1, -0.05) is 51.1 Å². The SMILES string of the molecule is CC1(C)C[C@@H]2C[C@@](C)(CN2C2CCN(CCc3ccccc3)CC2)C1. The number of hydrogen-bond acceptors (Lipinski definition) is 2. The number of benzene rings is 1. The lowest BCUT2D eigenvalue weighted by Gasteiger charge is -2.42. The van der Waals surface area contributed by atoms with Crippen LogP contribution in [0.4, 0.5) is 0 Å². The molecule has 2 heteroatoms. The van der Waals surface area contributed by atoms with Crippen molar-refractivity contribution in [3.8, 4) is 0 Å². The summed E-state index contributed by atoms with van der Waals surface area (Å²) < 4.78 is 0. The maximum absolute atomic E-state index is 2.93. The van der Waals surface area contributed by atoms with Crippen molar-refractivity contribution in [1.82, 2.24) is 9.80 Å². The molecule has 4 rings (SSSR count). The van der Waals surface area contributed by atoms with E-state index < -0.39 is 0 Å². The van der Waals surface area contributed by atoms with Crippen LogP contribution in [0.25, 0.3) is 0 Å². The number of likely N-dealkylation sites (tertiary alicyclic amines) is 2. The molecule has 0 aromatic heterocycles. The Morgan fingerprint density at radius 2 is 1.68 bits per heavy atom. The van der Waals surface area contributed by atoms with E-state index in [0.717, 1.165) is 12.1 Å². The minimum atomic E-state index is 0.544. The quantitative estimate of drug-likeness (QED) is 0.791. The van der Waals surface area contributed by atoms with E-state index in [-0.39, 0.29) is 0 Å². The van der Waals surface area contributed by atoms with Gasteiger partial charge < -0.3 is 4.90 Å². The highest BCUT2D eigenvalue weighted by Gasteiger charge is 2.51. The summed E-state index contributed by atoms with van der Waals surface area (Å²) in [5.74, 6) is 0. The van der Waals surface area contributed by atoms with Crippen molar-refractivity contribution in [2.45, 2.75) is 71.4 Å². The van der Waals surface area contributed by atoms with Crippen molar-refractivity contribution in [2.75, 3.05) is 26.2 Å². The summed E-state index contributed by atoms with van der Waals surface area (Å²) in [5, 5.41) is 0. The highest BCUT2D eigenvalue weighted by molar-refractivity contribution is 5.15. The van der Waals surface area contributed by atoms with Gasteiger partial charge in [-0.05, 0) is 68.0 Å². The highest BCUT2D eigenvalue weighted by Crippen LogP contribution is 2.53. The molecule has 2 nitrogen and oxygen atoms in total. The molecule has 2 atom stereocenters. The zero-order chi connectivity index (χ0) is 17.5. The first kappa shape index (κ1) is 17.5. The summed E-state index contributed by atoms with van der Waals surface area (Å²) in [5.41, 5.74) is 2.60. The van der Waals surface area contributed by atoms with Crippen molar-refractivity contribution >= 4 is 0 Å². The summed E-state index contributed by atoms with van der Waals surface area (Å²) >= 11 is 0. The van der Waals surface area contributed by atoms with Crippen molar-refractivity contribution in [2.24, 2.45) is 10.8 Å². The van der Waals surface area contributed by atoms with E-state index in [1.54, 1.807) is 0 Å². The first-order valence-corrected chi connectivity index (χ1v) is 10.4. The third-order valence-electron chi connectivity index (χ3n) is 7.04. The molecule has 0 unspecified atom stereocenters. The van der Waals surface area contributed by atoms with E-state index in [1.165, 1.54) is 70.3 Å². The molecule has 0 N–H and O–H groups in total. The van der Waals surface area contributed by atoms with Gasteiger partial charge in [-0.3, -0.25) is 4.90 Å². The zero-order valence-corrected chi connectivity index (χ0v) is 16.5. The van der Waals surface area contributed by atoms with E-state index >= 15 is 0 Å². The minimum absolute atomic E-state index is 0.544. The lowest BCUT2D eigenvalue weighted by molar-refractivity contribution is 0.0834. The van der Waals surface area contributed by atoms with Crippen LogP contribution in [0, 0.1) is 10.8 Å². The van der Waals surface area contributed by atoms with Crippen LogP contribution in [-0.2, 0) is 6.42 Å². The average Bonchev–Trinajstić information content (AvgIpc) is 2.83. The van der Waals surface area contributed by atoms with Gasteiger partial charge in [0.15, 0.2) is 0 Å². The highest BCUT2D eigenvalue weighted by atomic mass is 15.3. The Hall–Kier alpha value is -0.860. The molecule has 2 bridgehead atoms. The van der Waals surface area contributed by atoms with Crippen LogP contribution < -0.4 is 0 Å². The fourth-order valence-electron chi connectivity index (χ4n) is 6.34. The van der Waals surface area contributed by atoms with Crippen LogP contribution in [0.3, 0.4) is 0 Å². The number of piperidine rings is 1. The van der Waals surface area contributed by atoms with E-state index in [1.807, 2.05) is 0 Å². The molecule has 2 heterocycles. The van der Waals surface area contributed by atoms with Crippen LogP contribution in [0.2, 0.25) is 0 Å². The van der Waals surface area contributed by atoms with Gasteiger partial charge in [0.1, 0.15) is 0 Å². The molecule has 2 aliphatic heterocycles. The third kappa shape index (κ3) is 3.95. The summed E-state index contributed by atoms with van der Waals surface area (Å²) in [6, 6.07) is 12.7. The number of hydrogen-bond donors (Lipinski definition) is 0. The van der Waals surface area contributed by atoms with Gasteiger partial charge in [-0.25, -0.2) is 0 Å². The van der Waals surface area contributed by atoms with Crippen LogP contribution in [-0.4, -0.2) is 48.1 Å². The van der Waals surface area contributed by atoms with Gasteiger partial charge in [0.05, 0.1) is 0 Å². The molecule has 1 aliphatic carbocycles. The average molecular weight is 341 g/mol. The van der Waals surface area contributed by atoms with Crippen LogP contribution in [0.5, 0.6) is 0 Å². The Morgan fingerprint density at radius 1 is 0.960 bits per heavy atom. The van der Waals surface area contributed by atoms with Gasteiger partial charge in [-0.15, -0.1) is 0 Å². The fourth-order valence-corrected chi connectivity index (χ4v) is 6.34. The molecular weight excluding hydrogens is 304 g/mol. The molecule has 2 saturated heterocycles. The molecule has 3 aliphatic rings. The molecule has 1 saturated carbocycles. The Bertz CT molecular complexity index is 573. The van der Waals surface area contributed by atoms with E-state index in [4.69, 9.17) is 0 Å². The third-order valence-corrected chi connectivity index (χ3v) is 7.04. The second-order valence-electron chi connectivity index (χ2n) is 10.2. The van der Waals surface area contributed by atoms with E-state index in [0.29, 0.717) is 10.8 Å². The fraction of sp³-hybridized carbons (Fsp3) is 0.739. The molecule has 0 spiro atoms. The van der Waals surface area contributed by atoms with E-state index in [9.17, 15) is 0 Å². The normalized spacial score (nSPS) is 33.6. The monoisotopic (exact) mass is 340 g/mol. The lowest BCUT2D eigenvalue weighted by Crippen LogP contribution is -2.47. The lowest BCUT2D eigenvalue weighted by atomic mass is 9.65. The first-order valence-electron chi connectivity index (χ1n) is 10.4. The van der Waals surface area contributed by atoms with E-state index in [2.05, 4.69) is 60.9 Å². The second-order valence-corrected chi connectivity index (χ2v) is 10.2. The summed E-state index contributed by atoms with van der Waals surface area (Å²) in [4.78, 5) is 5.63.